The van der Waals surface area contributed by atoms with Gasteiger partial charge in [0.15, 0.2) is 0 Å². The van der Waals surface area contributed by atoms with Crippen LogP contribution in [0.3, 0.4) is 0 Å². The summed E-state index contributed by atoms with van der Waals surface area (Å²) in [4.78, 5) is 17.0. The van der Waals surface area contributed by atoms with Crippen molar-refractivity contribution >= 4 is 16.7 Å². The Kier molecular flexibility index (Phi) is 3.73. The molecule has 4 rings (SSSR count). The highest BCUT2D eigenvalue weighted by atomic mass is 19.1. The van der Waals surface area contributed by atoms with Crippen LogP contribution in [0.25, 0.3) is 10.8 Å². The van der Waals surface area contributed by atoms with Gasteiger partial charge in [-0.05, 0) is 41.8 Å². The third kappa shape index (κ3) is 2.87. The number of amides is 1. The standard InChI is InChI=1S/C20H17FN2O/c21-16-6-3-5-14(10-16)19(13-8-9-13)23-20(24)18-12-22-11-15-4-1-2-7-17(15)18/h1-7,10-13,19H,8-9H2,(H,23,24)/t19-/m0/s1. The molecule has 1 N–H and O–H groups in total. The Bertz CT molecular complexity index is 900. The second-order valence-electron chi connectivity index (χ2n) is 6.25. The number of carbonyl (C=O) groups is 1. The number of hydrogen-bond donors (Lipinski definition) is 1. The third-order valence-corrected chi connectivity index (χ3v) is 4.50. The Hall–Kier alpha value is -2.75. The topological polar surface area (TPSA) is 42.0 Å². The fraction of sp³-hybridized carbons (Fsp3) is 0.200. The normalized spacial score (nSPS) is 15.2. The number of benzene rings is 2. The lowest BCUT2D eigenvalue weighted by molar-refractivity contribution is 0.0933. The van der Waals surface area contributed by atoms with Crippen LogP contribution >= 0.6 is 0 Å². The maximum absolute atomic E-state index is 13.6. The van der Waals surface area contributed by atoms with Gasteiger partial charge in [-0.15, -0.1) is 0 Å². The second kappa shape index (κ2) is 6.04. The molecule has 120 valence electrons. The predicted octanol–water partition coefficient (Wildman–Crippen LogP) is 4.26. The van der Waals surface area contributed by atoms with Crippen molar-refractivity contribution in [1.29, 1.82) is 0 Å². The zero-order chi connectivity index (χ0) is 16.5. The van der Waals surface area contributed by atoms with Gasteiger partial charge < -0.3 is 5.32 Å². The summed E-state index contributed by atoms with van der Waals surface area (Å²) in [5.74, 6) is -0.0710. The van der Waals surface area contributed by atoms with Gasteiger partial charge in [0.25, 0.3) is 5.91 Å². The number of halogens is 1. The maximum atomic E-state index is 13.6. The first-order valence-corrected chi connectivity index (χ1v) is 8.11. The zero-order valence-electron chi connectivity index (χ0n) is 13.1. The van der Waals surface area contributed by atoms with Crippen LogP contribution in [-0.2, 0) is 0 Å². The van der Waals surface area contributed by atoms with Crippen molar-refractivity contribution in [3.63, 3.8) is 0 Å². The number of rotatable bonds is 4. The molecular weight excluding hydrogens is 303 g/mol. The van der Waals surface area contributed by atoms with Gasteiger partial charge in [-0.2, -0.15) is 0 Å². The third-order valence-electron chi connectivity index (χ3n) is 4.50. The first-order valence-electron chi connectivity index (χ1n) is 8.11. The van der Waals surface area contributed by atoms with E-state index in [0.717, 1.165) is 29.2 Å². The van der Waals surface area contributed by atoms with E-state index in [1.807, 2.05) is 30.3 Å². The van der Waals surface area contributed by atoms with Gasteiger partial charge in [-0.3, -0.25) is 9.78 Å². The lowest BCUT2D eigenvalue weighted by Gasteiger charge is -2.19. The highest BCUT2D eigenvalue weighted by Crippen LogP contribution is 2.41. The summed E-state index contributed by atoms with van der Waals surface area (Å²) in [7, 11) is 0. The molecule has 1 fully saturated rings. The minimum Gasteiger partial charge on any atom is -0.345 e. The molecule has 0 aliphatic heterocycles. The van der Waals surface area contributed by atoms with E-state index in [0.29, 0.717) is 11.5 Å². The molecule has 0 saturated heterocycles. The van der Waals surface area contributed by atoms with Gasteiger partial charge in [-0.25, -0.2) is 4.39 Å². The lowest BCUT2D eigenvalue weighted by Crippen LogP contribution is -2.30. The van der Waals surface area contributed by atoms with E-state index in [2.05, 4.69) is 10.3 Å². The van der Waals surface area contributed by atoms with Crippen molar-refractivity contribution in [2.45, 2.75) is 18.9 Å². The Labute approximate surface area is 139 Å². The number of pyridine rings is 1. The van der Waals surface area contributed by atoms with Gasteiger partial charge in [0.1, 0.15) is 5.82 Å². The monoisotopic (exact) mass is 320 g/mol. The number of nitrogens with one attached hydrogen (secondary N) is 1. The molecule has 4 heteroatoms. The summed E-state index contributed by atoms with van der Waals surface area (Å²) in [5, 5.41) is 4.89. The Morgan fingerprint density at radius 2 is 1.96 bits per heavy atom. The van der Waals surface area contributed by atoms with Gasteiger partial charge >= 0.3 is 0 Å². The summed E-state index contributed by atoms with van der Waals surface area (Å²) in [6.45, 7) is 0. The molecule has 0 bridgehead atoms. The molecule has 0 unspecified atom stereocenters. The van der Waals surface area contributed by atoms with Gasteiger partial charge in [0.05, 0.1) is 11.6 Å². The van der Waals surface area contributed by atoms with Crippen molar-refractivity contribution in [1.82, 2.24) is 10.3 Å². The van der Waals surface area contributed by atoms with Crippen LogP contribution < -0.4 is 5.32 Å². The van der Waals surface area contributed by atoms with Crippen LogP contribution in [0.5, 0.6) is 0 Å². The first kappa shape index (κ1) is 14.8. The molecule has 3 nitrogen and oxygen atoms in total. The fourth-order valence-corrected chi connectivity index (χ4v) is 3.12. The molecule has 1 aromatic heterocycles. The lowest BCUT2D eigenvalue weighted by atomic mass is 10.0. The number of fused-ring (bicyclic) bond motifs is 1. The number of carbonyl (C=O) groups excluding carboxylic acids is 1. The summed E-state index contributed by atoms with van der Waals surface area (Å²) >= 11 is 0. The molecule has 1 aliphatic carbocycles. The summed E-state index contributed by atoms with van der Waals surface area (Å²) in [6, 6.07) is 14.0. The van der Waals surface area contributed by atoms with Crippen LogP contribution in [0.2, 0.25) is 0 Å². The van der Waals surface area contributed by atoms with Crippen molar-refractivity contribution in [2.75, 3.05) is 0 Å². The smallest absolute Gasteiger partial charge is 0.253 e. The Morgan fingerprint density at radius 1 is 1.12 bits per heavy atom. The Morgan fingerprint density at radius 3 is 2.75 bits per heavy atom. The number of aromatic nitrogens is 1. The largest absolute Gasteiger partial charge is 0.345 e. The summed E-state index contributed by atoms with van der Waals surface area (Å²) < 4.78 is 13.6. The molecular formula is C20H17FN2O. The van der Waals surface area contributed by atoms with Crippen LogP contribution in [0.1, 0.15) is 34.8 Å². The van der Waals surface area contributed by atoms with E-state index in [9.17, 15) is 9.18 Å². The van der Waals surface area contributed by atoms with Crippen LogP contribution in [0.15, 0.2) is 60.9 Å². The van der Waals surface area contributed by atoms with E-state index >= 15 is 0 Å². The second-order valence-corrected chi connectivity index (χ2v) is 6.25. The van der Waals surface area contributed by atoms with E-state index in [1.54, 1.807) is 18.5 Å². The zero-order valence-corrected chi connectivity index (χ0v) is 13.1. The fourth-order valence-electron chi connectivity index (χ4n) is 3.12. The number of hydrogen-bond acceptors (Lipinski definition) is 2. The van der Waals surface area contributed by atoms with Crippen LogP contribution in [0.4, 0.5) is 4.39 Å². The molecule has 24 heavy (non-hydrogen) atoms. The molecule has 2 aromatic carbocycles. The van der Waals surface area contributed by atoms with Gasteiger partial charge in [0, 0.05) is 17.8 Å². The van der Waals surface area contributed by atoms with E-state index in [-0.39, 0.29) is 17.8 Å². The maximum Gasteiger partial charge on any atom is 0.253 e. The quantitative estimate of drug-likeness (QED) is 0.780. The average Bonchev–Trinajstić information content (AvgIpc) is 3.44. The van der Waals surface area contributed by atoms with Crippen LogP contribution in [-0.4, -0.2) is 10.9 Å². The highest BCUT2D eigenvalue weighted by Gasteiger charge is 2.34. The molecule has 3 aromatic rings. The number of nitrogens with zero attached hydrogens (tertiary/aromatic N) is 1. The average molecular weight is 320 g/mol. The van der Waals surface area contributed by atoms with Crippen molar-refractivity contribution in [2.24, 2.45) is 5.92 Å². The van der Waals surface area contributed by atoms with Crippen molar-refractivity contribution < 1.29 is 9.18 Å². The van der Waals surface area contributed by atoms with Crippen molar-refractivity contribution in [3.8, 4) is 0 Å². The van der Waals surface area contributed by atoms with E-state index in [1.165, 1.54) is 12.1 Å². The highest BCUT2D eigenvalue weighted by molar-refractivity contribution is 6.06. The summed E-state index contributed by atoms with van der Waals surface area (Å²) in [5.41, 5.74) is 1.37. The minimum absolute atomic E-state index is 0.160. The first-order chi connectivity index (χ1) is 11.7. The molecule has 0 spiro atoms. The summed E-state index contributed by atoms with van der Waals surface area (Å²) in [6.07, 6.45) is 5.44. The molecule has 1 amide bonds. The predicted molar refractivity (Wildman–Crippen MR) is 91.1 cm³/mol. The minimum atomic E-state index is -0.278. The molecule has 1 aliphatic rings. The van der Waals surface area contributed by atoms with Gasteiger partial charge in [0.2, 0.25) is 0 Å². The molecule has 1 heterocycles. The van der Waals surface area contributed by atoms with E-state index < -0.39 is 0 Å². The SMILES string of the molecule is O=C(N[C@H](c1cccc(F)c1)C1CC1)c1cncc2ccccc12. The molecule has 1 saturated carbocycles. The van der Waals surface area contributed by atoms with Gasteiger partial charge in [-0.1, -0.05) is 36.4 Å². The Balaban J connectivity index is 1.66. The molecule has 1 atom stereocenters. The van der Waals surface area contributed by atoms with Crippen LogP contribution in [0, 0.1) is 11.7 Å². The van der Waals surface area contributed by atoms with Crippen molar-refractivity contribution in [3.05, 3.63) is 77.9 Å². The van der Waals surface area contributed by atoms with E-state index in [4.69, 9.17) is 0 Å². The molecule has 0 radical (unpaired) electrons.